The van der Waals surface area contributed by atoms with Gasteiger partial charge < -0.3 is 30.6 Å². The van der Waals surface area contributed by atoms with Crippen LogP contribution >= 0.6 is 17.1 Å². The zero-order valence-electron chi connectivity index (χ0n) is 4.18. The van der Waals surface area contributed by atoms with E-state index in [4.69, 9.17) is 19.6 Å². The molecule has 0 atom stereocenters. The molecule has 9 heavy (non-hydrogen) atoms. The van der Waals surface area contributed by atoms with E-state index < -0.39 is 17.1 Å². The summed E-state index contributed by atoms with van der Waals surface area (Å²) in [7, 11) is -5.24. The van der Waals surface area contributed by atoms with Gasteiger partial charge in [0.25, 0.3) is 0 Å². The van der Waals surface area contributed by atoms with Gasteiger partial charge in [0.05, 0.1) is 0 Å². The van der Waals surface area contributed by atoms with Crippen molar-refractivity contribution in [1.29, 1.82) is 0 Å². The summed E-state index contributed by atoms with van der Waals surface area (Å²) in [5, 5.41) is 0. The maximum Gasteiger partial charge on any atom is 4.00 e. The summed E-state index contributed by atoms with van der Waals surface area (Å²) in [5.74, 6) is 0. The molecule has 4 N–H and O–H groups in total. The smallest absolute Gasteiger partial charge is 0.830 e. The third-order valence-corrected chi connectivity index (χ3v) is 0. The third kappa shape index (κ3) is 983. The first-order chi connectivity index (χ1) is 3.46. The second-order valence-corrected chi connectivity index (χ2v) is 1.71. The minimum atomic E-state index is -2.62. The molecule has 0 radical (unpaired) electrons. The van der Waals surface area contributed by atoms with Crippen molar-refractivity contribution in [2.45, 2.75) is 0 Å². The Morgan fingerprint density at radius 3 is 0.778 bits per heavy atom. The van der Waals surface area contributed by atoms with Crippen LogP contribution in [0.1, 0.15) is 0 Å². The van der Waals surface area contributed by atoms with E-state index in [1.165, 1.54) is 0 Å². The standard InChI is InChI=1S/C.2H2NO2P/c;2*1-4(2)3/h;2*1H2/q+4;2*-2. The van der Waals surface area contributed by atoms with E-state index in [0.717, 1.165) is 0 Å². The molecule has 0 aliphatic heterocycles. The van der Waals surface area contributed by atoms with Crippen molar-refractivity contribution in [3.63, 3.8) is 0 Å². The monoisotopic (exact) mass is 170 g/mol. The molecule has 0 heterocycles. The van der Waals surface area contributed by atoms with Gasteiger partial charge in [-0.2, -0.15) is 0 Å². The van der Waals surface area contributed by atoms with E-state index in [0.29, 0.717) is 0 Å². The summed E-state index contributed by atoms with van der Waals surface area (Å²) in [6, 6.07) is 0. The molecule has 0 spiro atoms. The maximum atomic E-state index is 8.81. The van der Waals surface area contributed by atoms with Crippen LogP contribution in [0.3, 0.4) is 0 Å². The zero-order chi connectivity index (χ0) is 7.15. The molecule has 0 aromatic rings. The minimum Gasteiger partial charge on any atom is -0.830 e. The van der Waals surface area contributed by atoms with Gasteiger partial charge in [0, 0.05) is 0 Å². The molecule has 0 fully saturated rings. The predicted octanol–water partition coefficient (Wildman–Crippen LogP) is -4.13. The van der Waals surface area contributed by atoms with E-state index in [1.807, 2.05) is 0 Å². The summed E-state index contributed by atoms with van der Waals surface area (Å²) in [6.07, 6.45) is 0. The summed E-state index contributed by atoms with van der Waals surface area (Å²) < 4.78 is 0. The van der Waals surface area contributed by atoms with Crippen LogP contribution < -0.4 is 30.6 Å². The number of nitrogens with two attached hydrogens (primary N) is 2. The topological polar surface area (TPSA) is 144 Å². The average Bonchev–Trinajstić information content (AvgIpc) is 1.25. The third-order valence-electron chi connectivity index (χ3n) is 0. The van der Waals surface area contributed by atoms with E-state index in [1.54, 1.807) is 0 Å². The molecule has 0 aliphatic rings. The number of rotatable bonds is 0. The van der Waals surface area contributed by atoms with Gasteiger partial charge in [0.2, 0.25) is 0 Å². The van der Waals surface area contributed by atoms with Crippen molar-refractivity contribution >= 4 is 17.1 Å². The van der Waals surface area contributed by atoms with E-state index in [9.17, 15) is 0 Å². The summed E-state index contributed by atoms with van der Waals surface area (Å²) in [4.78, 5) is 35.3. The van der Waals surface area contributed by atoms with Gasteiger partial charge in [-0.25, -0.2) is 17.1 Å². The van der Waals surface area contributed by atoms with Gasteiger partial charge in [-0.1, -0.05) is 0 Å². The average molecular weight is 170 g/mol. The second kappa shape index (κ2) is 11.4. The Kier molecular flexibility index (Phi) is 20.7. The second-order valence-electron chi connectivity index (χ2n) is 0.571. The zero-order valence-corrected chi connectivity index (χ0v) is 5.97. The van der Waals surface area contributed by atoms with Crippen LogP contribution in [0.25, 0.3) is 0 Å². The fourth-order valence-electron chi connectivity index (χ4n) is 0. The Morgan fingerprint density at radius 1 is 0.778 bits per heavy atom. The number of hydrogen-bond acceptors (Lipinski definition) is 6. The van der Waals surface area contributed by atoms with Gasteiger partial charge in [-0.3, -0.25) is 0 Å². The first-order valence-electron chi connectivity index (χ1n) is 1.25. The fourth-order valence-corrected chi connectivity index (χ4v) is 0. The molecular formula is CH4N2O4P2. The molecule has 0 saturated carbocycles. The van der Waals surface area contributed by atoms with Gasteiger partial charge in [-0.05, 0) is 0 Å². The van der Waals surface area contributed by atoms with Gasteiger partial charge in [-0.15, -0.1) is 0 Å². The van der Waals surface area contributed by atoms with Crippen molar-refractivity contribution in [1.82, 2.24) is 0 Å². The van der Waals surface area contributed by atoms with Crippen LogP contribution in [-0.4, -0.2) is 0 Å². The summed E-state index contributed by atoms with van der Waals surface area (Å²) in [6.45, 7) is 0. The Bertz CT molecular complexity index is 32.0. The van der Waals surface area contributed by atoms with Gasteiger partial charge >= 0.3 is 7.43 Å². The van der Waals surface area contributed by atoms with Crippen LogP contribution in [0, 0.1) is 7.43 Å². The SMILES string of the molecule is NP([O-])[O-].NP([O-])[O-].[C+4]. The van der Waals surface area contributed by atoms with E-state index in [2.05, 4.69) is 11.0 Å². The van der Waals surface area contributed by atoms with Crippen LogP contribution in [0.5, 0.6) is 0 Å². The molecule has 0 aromatic carbocycles. The van der Waals surface area contributed by atoms with Crippen LogP contribution in [0.15, 0.2) is 0 Å². The fraction of sp³-hybridized carbons (Fsp3) is 0. The van der Waals surface area contributed by atoms with Crippen LogP contribution in [0.2, 0.25) is 0 Å². The molecule has 0 aliphatic carbocycles. The van der Waals surface area contributed by atoms with Crippen molar-refractivity contribution in [3.8, 4) is 0 Å². The first kappa shape index (κ1) is 16.3. The molecule has 52 valence electrons. The first-order valence-corrected chi connectivity index (χ1v) is 3.74. The Balaban J connectivity index is -0.0000000720. The van der Waals surface area contributed by atoms with Crippen molar-refractivity contribution in [3.05, 3.63) is 7.43 Å². The molecule has 0 saturated heterocycles. The van der Waals surface area contributed by atoms with Crippen LogP contribution in [0.4, 0.5) is 0 Å². The van der Waals surface area contributed by atoms with E-state index >= 15 is 0 Å². The van der Waals surface area contributed by atoms with Gasteiger partial charge in [0.15, 0.2) is 0 Å². The maximum absolute atomic E-state index is 8.81. The molecule has 8 heteroatoms. The minimum absolute atomic E-state index is 0. The number of hydrogen-bond donors (Lipinski definition) is 2. The largest absolute Gasteiger partial charge is 4.00 e. The molecule has 0 unspecified atom stereocenters. The molecule has 0 amide bonds. The molecule has 0 rings (SSSR count). The summed E-state index contributed by atoms with van der Waals surface area (Å²) in [5.41, 5.74) is 8.13. The Morgan fingerprint density at radius 2 is 0.778 bits per heavy atom. The normalized spacial score (nSPS) is 8.00. The van der Waals surface area contributed by atoms with Gasteiger partial charge in [0.1, 0.15) is 0 Å². The van der Waals surface area contributed by atoms with E-state index in [-0.39, 0.29) is 7.43 Å². The predicted molar refractivity (Wildman–Crippen MR) is 25.5 cm³/mol. The quantitative estimate of drug-likeness (QED) is 0.353. The molecule has 0 aromatic heterocycles. The molecule has 0 bridgehead atoms. The Hall–Kier alpha value is 0.620. The Labute approximate surface area is 56.1 Å². The van der Waals surface area contributed by atoms with Crippen molar-refractivity contribution < 1.29 is 19.6 Å². The summed E-state index contributed by atoms with van der Waals surface area (Å²) >= 11 is 0. The molecular weight excluding hydrogens is 166 g/mol. The van der Waals surface area contributed by atoms with Crippen LogP contribution in [-0.2, 0) is 0 Å². The van der Waals surface area contributed by atoms with Crippen molar-refractivity contribution in [2.75, 3.05) is 0 Å². The molecule has 6 nitrogen and oxygen atoms in total. The van der Waals surface area contributed by atoms with Crippen molar-refractivity contribution in [2.24, 2.45) is 11.0 Å².